The van der Waals surface area contributed by atoms with E-state index in [1.807, 2.05) is 0 Å². The lowest BCUT2D eigenvalue weighted by atomic mass is 9.98. The summed E-state index contributed by atoms with van der Waals surface area (Å²) in [6.07, 6.45) is -14.9. The second kappa shape index (κ2) is 23.3. The molecule has 4 rings (SSSR count). The van der Waals surface area contributed by atoms with E-state index < -0.39 is 199 Å². The van der Waals surface area contributed by atoms with Crippen LogP contribution >= 0.6 is 0 Å². The molecule has 28 nitrogen and oxygen atoms in total. The molecular formula is C41H62N8O20S. The quantitative estimate of drug-likeness (QED) is 0.0970. The fourth-order valence-electron chi connectivity index (χ4n) is 8.00. The molecular weight excluding hydrogens is 957 g/mol. The second-order valence-electron chi connectivity index (χ2n) is 18.4. The summed E-state index contributed by atoms with van der Waals surface area (Å²) in [6, 6.07) is -8.90. The Labute approximate surface area is 401 Å². The van der Waals surface area contributed by atoms with Crippen molar-refractivity contribution in [2.75, 3.05) is 26.7 Å². The number of ether oxygens (including phenoxy) is 1. The van der Waals surface area contributed by atoms with Gasteiger partial charge >= 0.3 is 16.5 Å². The lowest BCUT2D eigenvalue weighted by Crippen LogP contribution is -2.64. The van der Waals surface area contributed by atoms with Crippen LogP contribution in [0.5, 0.6) is 11.5 Å². The van der Waals surface area contributed by atoms with Gasteiger partial charge in [-0.05, 0) is 45.4 Å². The van der Waals surface area contributed by atoms with E-state index in [0.717, 1.165) is 34.9 Å². The van der Waals surface area contributed by atoms with Crippen molar-refractivity contribution in [2.24, 2.45) is 5.92 Å². The van der Waals surface area contributed by atoms with Gasteiger partial charge in [-0.2, -0.15) is 8.42 Å². The number of carbonyl (C=O) groups excluding carboxylic acids is 8. The molecule has 3 saturated heterocycles. The van der Waals surface area contributed by atoms with Gasteiger partial charge in [0, 0.05) is 51.9 Å². The molecule has 3 aliphatic heterocycles. The number of carbonyl (C=O) groups is 8. The maximum absolute atomic E-state index is 14.5. The number of alkyl carbamates (subject to hydrolysis) is 1. The van der Waals surface area contributed by atoms with Crippen molar-refractivity contribution in [2.45, 2.75) is 139 Å². The number of β-amino-alcohol motifs (C(OH)–C–C–N with tert-alkyl or cyclic N) is 1. The molecule has 1 aromatic carbocycles. The van der Waals surface area contributed by atoms with Gasteiger partial charge in [-0.1, -0.05) is 13.0 Å². The lowest BCUT2D eigenvalue weighted by Gasteiger charge is -2.34. The summed E-state index contributed by atoms with van der Waals surface area (Å²) in [5, 5.41) is 90.8. The minimum Gasteiger partial charge on any atom is -0.504 e. The lowest BCUT2D eigenvalue weighted by molar-refractivity contribution is -0.147. The second-order valence-corrected chi connectivity index (χ2v) is 19.4. The summed E-state index contributed by atoms with van der Waals surface area (Å²) in [5.41, 5.74) is -1.23. The fourth-order valence-corrected chi connectivity index (χ4v) is 8.36. The molecule has 13 atom stereocenters. The predicted molar refractivity (Wildman–Crippen MR) is 236 cm³/mol. The average molecular weight is 1020 g/mol. The first kappa shape index (κ1) is 56.6. The Balaban J connectivity index is 1.87. The Morgan fingerprint density at radius 1 is 0.843 bits per heavy atom. The number of amides is 8. The summed E-state index contributed by atoms with van der Waals surface area (Å²) < 4.78 is 41.8. The monoisotopic (exact) mass is 1020 g/mol. The van der Waals surface area contributed by atoms with Crippen molar-refractivity contribution < 1.29 is 96.0 Å². The number of phenolic OH excluding ortho intramolecular Hbond substituents is 1. The molecule has 0 bridgehead atoms. The number of aromatic hydroxyl groups is 1. The summed E-state index contributed by atoms with van der Waals surface area (Å²) >= 11 is 0. The molecule has 392 valence electrons. The number of aliphatic hydroxyl groups excluding tert-OH is 6. The van der Waals surface area contributed by atoms with Crippen LogP contribution in [0, 0.1) is 5.92 Å². The summed E-state index contributed by atoms with van der Waals surface area (Å²) in [5.74, 6) is -10.9. The van der Waals surface area contributed by atoms with Crippen molar-refractivity contribution in [3.8, 4) is 11.5 Å². The molecule has 70 heavy (non-hydrogen) atoms. The number of nitrogens with one attached hydrogen (secondary N) is 6. The maximum Gasteiger partial charge on any atom is 0.446 e. The van der Waals surface area contributed by atoms with E-state index in [2.05, 4.69) is 36.1 Å². The Hall–Kier alpha value is -5.95. The number of rotatable bonds is 10. The van der Waals surface area contributed by atoms with E-state index >= 15 is 0 Å². The minimum absolute atomic E-state index is 0.122. The zero-order valence-corrected chi connectivity index (χ0v) is 39.8. The Morgan fingerprint density at radius 3 is 2.06 bits per heavy atom. The summed E-state index contributed by atoms with van der Waals surface area (Å²) in [4.78, 5) is 112. The number of benzene rings is 1. The zero-order chi connectivity index (χ0) is 52.7. The van der Waals surface area contributed by atoms with E-state index in [-0.39, 0.29) is 5.56 Å². The van der Waals surface area contributed by atoms with Crippen LogP contribution in [0.4, 0.5) is 4.79 Å². The Kier molecular flexibility index (Phi) is 18.9. The molecule has 8 amide bonds. The third-order valence-corrected chi connectivity index (χ3v) is 11.9. The number of aliphatic hydroxyl groups is 6. The molecule has 3 fully saturated rings. The number of fused-ring (bicyclic) bond motifs is 2. The highest BCUT2D eigenvalue weighted by Crippen LogP contribution is 2.30. The highest BCUT2D eigenvalue weighted by atomic mass is 32.3. The van der Waals surface area contributed by atoms with Crippen LogP contribution in [0.25, 0.3) is 0 Å². The first-order valence-corrected chi connectivity index (χ1v) is 23.3. The van der Waals surface area contributed by atoms with Gasteiger partial charge in [0.1, 0.15) is 41.9 Å². The average Bonchev–Trinajstić information content (AvgIpc) is 3.79. The number of hydrogen-bond donors (Lipinski definition) is 14. The first-order chi connectivity index (χ1) is 32.4. The maximum atomic E-state index is 14.5. The van der Waals surface area contributed by atoms with E-state index in [0.29, 0.717) is 0 Å². The molecule has 3 aliphatic rings. The topological polar surface area (TPSA) is 430 Å². The van der Waals surface area contributed by atoms with Crippen molar-refractivity contribution in [1.82, 2.24) is 41.7 Å². The number of phenols is 1. The van der Waals surface area contributed by atoms with Gasteiger partial charge < -0.3 is 86.4 Å². The molecule has 0 aliphatic carbocycles. The largest absolute Gasteiger partial charge is 0.504 e. The normalized spacial score (nSPS) is 29.2. The van der Waals surface area contributed by atoms with E-state index in [4.69, 9.17) is 4.74 Å². The molecule has 1 aromatic rings. The van der Waals surface area contributed by atoms with Gasteiger partial charge in [-0.3, -0.25) is 38.1 Å². The molecule has 0 saturated carbocycles. The van der Waals surface area contributed by atoms with Crippen LogP contribution in [0.15, 0.2) is 18.2 Å². The zero-order valence-electron chi connectivity index (χ0n) is 39.0. The van der Waals surface area contributed by atoms with Crippen molar-refractivity contribution in [3.05, 3.63) is 23.8 Å². The third kappa shape index (κ3) is 15.0. The molecule has 3 heterocycles. The highest BCUT2D eigenvalue weighted by molar-refractivity contribution is 7.81. The number of hydrogen-bond acceptors (Lipinski definition) is 19. The van der Waals surface area contributed by atoms with Crippen molar-refractivity contribution >= 4 is 57.8 Å². The van der Waals surface area contributed by atoms with Crippen LogP contribution < -0.4 is 36.1 Å². The third-order valence-electron chi connectivity index (χ3n) is 11.5. The van der Waals surface area contributed by atoms with Crippen LogP contribution in [0.2, 0.25) is 0 Å². The van der Waals surface area contributed by atoms with Crippen molar-refractivity contribution in [3.63, 3.8) is 0 Å². The van der Waals surface area contributed by atoms with Crippen LogP contribution in [0.3, 0.4) is 0 Å². The van der Waals surface area contributed by atoms with Gasteiger partial charge in [0.25, 0.3) is 0 Å². The molecule has 29 heteroatoms. The molecule has 14 N–H and O–H groups in total. The van der Waals surface area contributed by atoms with E-state index in [1.165, 1.54) is 34.7 Å². The van der Waals surface area contributed by atoms with Crippen LogP contribution in [0.1, 0.15) is 59.4 Å². The summed E-state index contributed by atoms with van der Waals surface area (Å²) in [7, 11) is -4.02. The summed E-state index contributed by atoms with van der Waals surface area (Å²) in [6.45, 7) is 5.33. The minimum atomic E-state index is -5.21. The van der Waals surface area contributed by atoms with E-state index in [1.54, 1.807) is 0 Å². The molecule has 0 aromatic heterocycles. The van der Waals surface area contributed by atoms with Gasteiger partial charge in [-0.15, -0.1) is 0 Å². The SMILES string of the molecule is CNC(=O)C[C@@H](O)[C@@H]1NC(=O)[C@H]([C@H](O)Cc2ccc(O)c(OS(=O)(=O)O)c2)NC(=O)[C@@H]2C[C@@H](O)CN2C(=O)C([C@@H](C)O)NC(=O)[C@H](NC(=O)OC(C)(C)C)C[C@@H](O)CNC(=O)[C@@H]2[C@@H](O)[C@@H](C)CN2C1=O. The predicted octanol–water partition coefficient (Wildman–Crippen LogP) is -6.25. The van der Waals surface area contributed by atoms with Crippen LogP contribution in [-0.2, 0) is 55.1 Å². The van der Waals surface area contributed by atoms with E-state index in [9.17, 15) is 87.1 Å². The molecule has 0 radical (unpaired) electrons. The highest BCUT2D eigenvalue weighted by Gasteiger charge is 2.50. The smallest absolute Gasteiger partial charge is 0.446 e. The number of nitrogens with zero attached hydrogens (tertiary/aromatic N) is 2. The van der Waals surface area contributed by atoms with Crippen LogP contribution in [-0.4, -0.2) is 211 Å². The first-order valence-electron chi connectivity index (χ1n) is 22.0. The van der Waals surface area contributed by atoms with Gasteiger partial charge in [0.05, 0.1) is 43.0 Å². The standard InChI is InChI=1S/C41H62N8O20S/c1-17-15-49-32(33(17)57)37(61)43-14-20(51)11-22(44-40(64)68-41(3,4)5)34(58)45-29(18(2)50)38(62)48-16-21(52)12-23(48)35(59)46-30(36(60)47-31(39(49)63)26(55)13-28(56)42-6)25(54)9-19-7-8-24(53)27(10-19)69-70(65,66)67/h7-8,10,17-18,20-23,25-26,29-33,50-55,57H,9,11-16H2,1-6H3,(H,42,56)(H,43,61)(H,44,64)(H,45,58)(H,46,59)(H,47,60)(H,65,66,67)/t17-,18+,20+,21+,22+,23-,25+,26+,29?,30-,31-,32-,33-/m0/s1. The van der Waals surface area contributed by atoms with Crippen molar-refractivity contribution in [1.29, 1.82) is 0 Å². The molecule has 1 unspecified atom stereocenters. The van der Waals surface area contributed by atoms with Gasteiger partial charge in [0.15, 0.2) is 11.5 Å². The fraction of sp³-hybridized carbons (Fsp3) is 0.659. The molecule has 0 spiro atoms. The Morgan fingerprint density at radius 2 is 1.46 bits per heavy atom. The van der Waals surface area contributed by atoms with Gasteiger partial charge in [-0.25, -0.2) is 4.79 Å². The van der Waals surface area contributed by atoms with Gasteiger partial charge in [0.2, 0.25) is 41.4 Å². The Bertz CT molecular complexity index is 2250.